The second-order valence-electron chi connectivity index (χ2n) is 6.58. The molecule has 5 heteroatoms. The number of halogens is 1. The van der Waals surface area contributed by atoms with Gasteiger partial charge in [0.2, 0.25) is 0 Å². The summed E-state index contributed by atoms with van der Waals surface area (Å²) in [7, 11) is -1.03. The van der Waals surface area contributed by atoms with E-state index in [0.29, 0.717) is 0 Å². The maximum absolute atomic E-state index is 8.51. The van der Waals surface area contributed by atoms with E-state index < -0.39 is 30.4 Å². The Balaban J connectivity index is 2.18. The number of benzene rings is 2. The van der Waals surface area contributed by atoms with Crippen LogP contribution in [0.2, 0.25) is 5.02 Å². The van der Waals surface area contributed by atoms with Crippen LogP contribution >= 0.6 is 11.6 Å². The molecule has 3 nitrogen and oxygen atoms in total. The molecule has 1 aromatic heterocycles. The van der Waals surface area contributed by atoms with Gasteiger partial charge in [-0.25, -0.2) is 0 Å². The highest BCUT2D eigenvalue weighted by Gasteiger charge is 2.52. The van der Waals surface area contributed by atoms with Gasteiger partial charge in [0.25, 0.3) is 0 Å². The number of furan rings is 1. The Kier molecular flexibility index (Phi) is 2.01. The maximum atomic E-state index is 8.51. The van der Waals surface area contributed by atoms with Crippen LogP contribution in [-0.2, 0) is 9.31 Å². The zero-order valence-electron chi connectivity index (χ0n) is 19.2. The van der Waals surface area contributed by atoms with Gasteiger partial charge < -0.3 is 13.7 Å². The van der Waals surface area contributed by atoms with Gasteiger partial charge in [-0.05, 0) is 45.2 Å². The van der Waals surface area contributed by atoms with Gasteiger partial charge in [0.05, 0.1) is 24.4 Å². The van der Waals surface area contributed by atoms with Gasteiger partial charge in [0.1, 0.15) is 5.58 Å². The molecule has 1 aliphatic heterocycles. The summed E-state index contributed by atoms with van der Waals surface area (Å²) in [5.41, 5.74) is -1.33. The van der Waals surface area contributed by atoms with E-state index >= 15 is 0 Å². The first kappa shape index (κ1) is 9.72. The van der Waals surface area contributed by atoms with Crippen molar-refractivity contribution in [1.29, 1.82) is 0 Å². The molecule has 0 radical (unpaired) electrons. The second-order valence-corrected chi connectivity index (χ2v) is 6.95. The van der Waals surface area contributed by atoms with Crippen molar-refractivity contribution in [1.82, 2.24) is 0 Å². The molecule has 2 aromatic carbocycles. The Morgan fingerprint density at radius 1 is 1.00 bits per heavy atom. The van der Waals surface area contributed by atoms with E-state index in [1.165, 1.54) is 0 Å². The molecule has 1 aliphatic rings. The van der Waals surface area contributed by atoms with E-state index in [0.717, 1.165) is 0 Å². The average molecular weight is 335 g/mol. The molecule has 4 rings (SSSR count). The molecule has 118 valence electrons. The summed E-state index contributed by atoms with van der Waals surface area (Å²) < 4.78 is 67.0. The highest BCUT2D eigenvalue weighted by molar-refractivity contribution is 6.66. The van der Waals surface area contributed by atoms with Gasteiger partial charge in [0.15, 0.2) is 5.58 Å². The van der Waals surface area contributed by atoms with Gasteiger partial charge in [-0.2, -0.15) is 0 Å². The third kappa shape index (κ3) is 2.13. The molecule has 0 saturated carbocycles. The Morgan fingerprint density at radius 2 is 1.65 bits per heavy atom. The minimum absolute atomic E-state index is 0.0133. The third-order valence-electron chi connectivity index (χ3n) is 4.60. The first-order valence-corrected chi connectivity index (χ1v) is 7.64. The molecule has 1 fully saturated rings. The SMILES string of the molecule is [2H]c1c([2H])c([2H])c2c(oc3c(Cl)c([2H])c([2H])c(B4OC(C)(C)C(C)(C)O4)c32)c1[2H]. The van der Waals surface area contributed by atoms with Gasteiger partial charge >= 0.3 is 7.12 Å². The molecule has 0 atom stereocenters. The summed E-state index contributed by atoms with van der Waals surface area (Å²) in [6, 6.07) is -2.07. The fourth-order valence-corrected chi connectivity index (χ4v) is 2.79. The van der Waals surface area contributed by atoms with Crippen LogP contribution in [0.4, 0.5) is 0 Å². The lowest BCUT2D eigenvalue weighted by Crippen LogP contribution is -2.41. The van der Waals surface area contributed by atoms with Crippen LogP contribution in [0, 0.1) is 0 Å². The van der Waals surface area contributed by atoms with Crippen molar-refractivity contribution in [3.63, 3.8) is 0 Å². The van der Waals surface area contributed by atoms with Crippen molar-refractivity contribution < 1.29 is 22.0 Å². The number of para-hydroxylation sites is 1. The van der Waals surface area contributed by atoms with E-state index in [2.05, 4.69) is 0 Å². The molecular weight excluding hydrogens is 310 g/mol. The van der Waals surface area contributed by atoms with Gasteiger partial charge in [-0.15, -0.1) is 0 Å². The quantitative estimate of drug-likeness (QED) is 0.612. The fourth-order valence-electron chi connectivity index (χ4n) is 2.61. The van der Waals surface area contributed by atoms with Crippen molar-refractivity contribution in [3.05, 3.63) is 41.3 Å². The largest absolute Gasteiger partial charge is 0.495 e. The molecule has 0 spiro atoms. The minimum atomic E-state index is -1.03. The fraction of sp³-hybridized carbons (Fsp3) is 0.333. The molecular formula is C18H18BClO3. The number of hydrogen-bond acceptors (Lipinski definition) is 3. The van der Waals surface area contributed by atoms with Crippen LogP contribution in [0.15, 0.2) is 40.7 Å². The van der Waals surface area contributed by atoms with Gasteiger partial charge in [0, 0.05) is 10.8 Å². The molecule has 2 heterocycles. The lowest BCUT2D eigenvalue weighted by molar-refractivity contribution is 0.00578. The zero-order valence-corrected chi connectivity index (χ0v) is 13.9. The van der Waals surface area contributed by atoms with Crippen LogP contribution in [-0.4, -0.2) is 18.3 Å². The second kappa shape index (κ2) is 4.76. The predicted molar refractivity (Wildman–Crippen MR) is 94.4 cm³/mol. The molecule has 23 heavy (non-hydrogen) atoms. The lowest BCUT2D eigenvalue weighted by Gasteiger charge is -2.32. The third-order valence-corrected chi connectivity index (χ3v) is 4.86. The van der Waals surface area contributed by atoms with E-state index in [9.17, 15) is 0 Å². The Hall–Kier alpha value is -1.49. The Bertz CT molecular complexity index is 1190. The van der Waals surface area contributed by atoms with E-state index in [1.807, 2.05) is 27.7 Å². The first-order chi connectivity index (χ1) is 13.3. The summed E-state index contributed by atoms with van der Waals surface area (Å²) in [6.07, 6.45) is 0. The number of hydrogen-bond donors (Lipinski definition) is 0. The predicted octanol–water partition coefficient (Wildman–Crippen LogP) is 4.54. The van der Waals surface area contributed by atoms with Crippen molar-refractivity contribution in [2.24, 2.45) is 0 Å². The summed E-state index contributed by atoms with van der Waals surface area (Å²) in [5.74, 6) is 0. The van der Waals surface area contributed by atoms with E-state index in [4.69, 9.17) is 33.6 Å². The standard InChI is InChI=1S/C18H18BClO3/c1-17(2)18(3,4)23-19(22-17)12-9-10-13(20)16-15(12)11-7-5-6-8-14(11)21-16/h5-10H,1-4H3/i5D,6D,7D,8D,9D,10D. The lowest BCUT2D eigenvalue weighted by atomic mass is 9.76. The highest BCUT2D eigenvalue weighted by atomic mass is 35.5. The summed E-state index contributed by atoms with van der Waals surface area (Å²) in [4.78, 5) is 0. The van der Waals surface area contributed by atoms with Crippen LogP contribution in [0.5, 0.6) is 0 Å². The molecule has 3 aromatic rings. The van der Waals surface area contributed by atoms with Gasteiger partial charge in [-0.1, -0.05) is 35.8 Å². The molecule has 1 saturated heterocycles. The van der Waals surface area contributed by atoms with E-state index in [1.54, 1.807) is 0 Å². The van der Waals surface area contributed by atoms with Crippen molar-refractivity contribution in [2.45, 2.75) is 38.9 Å². The van der Waals surface area contributed by atoms with Gasteiger partial charge in [-0.3, -0.25) is 0 Å². The summed E-state index contributed by atoms with van der Waals surface area (Å²) >= 11 is 6.28. The minimum Gasteiger partial charge on any atom is -0.455 e. The molecule has 0 N–H and O–H groups in total. The number of rotatable bonds is 1. The monoisotopic (exact) mass is 334 g/mol. The maximum Gasteiger partial charge on any atom is 0.495 e. The smallest absolute Gasteiger partial charge is 0.455 e. The normalized spacial score (nSPS) is 23.4. The molecule has 0 bridgehead atoms. The van der Waals surface area contributed by atoms with Crippen molar-refractivity contribution in [2.75, 3.05) is 0 Å². The first-order valence-electron chi connectivity index (χ1n) is 10.3. The zero-order chi connectivity index (χ0) is 21.6. The van der Waals surface area contributed by atoms with Crippen molar-refractivity contribution >= 4 is 46.1 Å². The average Bonchev–Trinajstić information content (AvgIpc) is 3.11. The Morgan fingerprint density at radius 3 is 2.35 bits per heavy atom. The Labute approximate surface area is 149 Å². The number of fused-ring (bicyclic) bond motifs is 3. The van der Waals surface area contributed by atoms with Crippen LogP contribution in [0.3, 0.4) is 0 Å². The van der Waals surface area contributed by atoms with Crippen LogP contribution in [0.1, 0.15) is 35.9 Å². The molecule has 0 amide bonds. The topological polar surface area (TPSA) is 31.6 Å². The summed E-state index contributed by atoms with van der Waals surface area (Å²) in [6.45, 7) is 7.41. The highest BCUT2D eigenvalue weighted by Crippen LogP contribution is 2.39. The van der Waals surface area contributed by atoms with Crippen molar-refractivity contribution in [3.8, 4) is 0 Å². The van der Waals surface area contributed by atoms with Crippen LogP contribution in [0.25, 0.3) is 21.9 Å². The molecule has 0 aliphatic carbocycles. The molecule has 0 unspecified atom stereocenters. The summed E-state index contributed by atoms with van der Waals surface area (Å²) in [5, 5.41) is 0.154. The van der Waals surface area contributed by atoms with E-state index in [-0.39, 0.29) is 56.6 Å². The van der Waals surface area contributed by atoms with Crippen LogP contribution < -0.4 is 5.46 Å².